The van der Waals surface area contributed by atoms with Crippen molar-refractivity contribution in [3.8, 4) is 11.1 Å². The highest BCUT2D eigenvalue weighted by Crippen LogP contribution is 2.53. The van der Waals surface area contributed by atoms with Gasteiger partial charge in [-0.1, -0.05) is 23.8 Å². The molecule has 4 rings (SSSR count). The SMILES string of the molecule is CCOC(=O)c1c(-c2ccc(C)cc2C)csc1NC(=O)[C@H]1[C@@H]2CC[C@@H](C2)[C@@H]1C(=O)O. The number of carbonyl (C=O) groups excluding carboxylic acids is 2. The summed E-state index contributed by atoms with van der Waals surface area (Å²) in [4.78, 5) is 37.9. The second-order valence-corrected chi connectivity index (χ2v) is 9.48. The molecule has 1 heterocycles. The first kappa shape index (κ1) is 21.6. The van der Waals surface area contributed by atoms with E-state index in [1.54, 1.807) is 6.92 Å². The molecule has 0 spiro atoms. The number of thiophene rings is 1. The summed E-state index contributed by atoms with van der Waals surface area (Å²) in [5, 5.41) is 14.9. The first-order valence-electron chi connectivity index (χ1n) is 10.7. The van der Waals surface area contributed by atoms with Gasteiger partial charge in [0.15, 0.2) is 0 Å². The molecule has 1 amide bonds. The molecule has 4 atom stereocenters. The maximum Gasteiger partial charge on any atom is 0.341 e. The number of benzene rings is 1. The summed E-state index contributed by atoms with van der Waals surface area (Å²) in [5.74, 6) is -2.75. The lowest BCUT2D eigenvalue weighted by Gasteiger charge is -2.27. The fourth-order valence-electron chi connectivity index (χ4n) is 5.39. The van der Waals surface area contributed by atoms with Gasteiger partial charge in [0.2, 0.25) is 5.91 Å². The van der Waals surface area contributed by atoms with Crippen molar-refractivity contribution in [2.24, 2.45) is 23.7 Å². The number of hydrogen-bond acceptors (Lipinski definition) is 5. The average Bonchev–Trinajstić information content (AvgIpc) is 3.42. The van der Waals surface area contributed by atoms with E-state index >= 15 is 0 Å². The van der Waals surface area contributed by atoms with Crippen LogP contribution in [0.1, 0.15) is 47.7 Å². The van der Waals surface area contributed by atoms with Gasteiger partial charge in [0, 0.05) is 10.9 Å². The van der Waals surface area contributed by atoms with Crippen molar-refractivity contribution >= 4 is 34.2 Å². The lowest BCUT2D eigenvalue weighted by atomic mass is 9.78. The van der Waals surface area contributed by atoms with Gasteiger partial charge in [0.25, 0.3) is 0 Å². The van der Waals surface area contributed by atoms with Crippen molar-refractivity contribution < 1.29 is 24.2 Å². The van der Waals surface area contributed by atoms with Crippen LogP contribution >= 0.6 is 11.3 Å². The normalized spacial score (nSPS) is 24.2. The maximum atomic E-state index is 13.2. The number of carboxylic acids is 1. The van der Waals surface area contributed by atoms with Crippen LogP contribution in [0.25, 0.3) is 11.1 Å². The number of fused-ring (bicyclic) bond motifs is 2. The average molecular weight is 442 g/mol. The number of rotatable bonds is 6. The molecule has 2 aromatic rings. The molecule has 1 aromatic carbocycles. The van der Waals surface area contributed by atoms with Gasteiger partial charge in [-0.2, -0.15) is 0 Å². The molecule has 6 nitrogen and oxygen atoms in total. The maximum absolute atomic E-state index is 13.2. The molecule has 2 aliphatic carbocycles. The second-order valence-electron chi connectivity index (χ2n) is 8.60. The van der Waals surface area contributed by atoms with Gasteiger partial charge in [-0.05, 0) is 63.0 Å². The molecule has 164 valence electrons. The van der Waals surface area contributed by atoms with Gasteiger partial charge >= 0.3 is 11.9 Å². The second kappa shape index (κ2) is 8.46. The van der Waals surface area contributed by atoms with E-state index in [1.165, 1.54) is 11.3 Å². The molecule has 2 saturated carbocycles. The fourth-order valence-corrected chi connectivity index (χ4v) is 6.34. The summed E-state index contributed by atoms with van der Waals surface area (Å²) >= 11 is 1.27. The Morgan fingerprint density at radius 1 is 1.13 bits per heavy atom. The largest absolute Gasteiger partial charge is 0.481 e. The monoisotopic (exact) mass is 441 g/mol. The van der Waals surface area contributed by atoms with Gasteiger partial charge in [0.05, 0.1) is 18.4 Å². The van der Waals surface area contributed by atoms with Crippen molar-refractivity contribution in [2.45, 2.75) is 40.0 Å². The molecule has 7 heteroatoms. The van der Waals surface area contributed by atoms with Crippen LogP contribution in [0.2, 0.25) is 0 Å². The number of anilines is 1. The Morgan fingerprint density at radius 3 is 2.48 bits per heavy atom. The molecule has 31 heavy (non-hydrogen) atoms. The number of amides is 1. The van der Waals surface area contributed by atoms with E-state index in [0.717, 1.165) is 41.5 Å². The van der Waals surface area contributed by atoms with E-state index < -0.39 is 23.8 Å². The van der Waals surface area contributed by atoms with Crippen LogP contribution < -0.4 is 5.32 Å². The van der Waals surface area contributed by atoms with Crippen LogP contribution in [0.15, 0.2) is 23.6 Å². The summed E-state index contributed by atoms with van der Waals surface area (Å²) in [5.41, 5.74) is 4.12. The molecule has 0 radical (unpaired) electrons. The van der Waals surface area contributed by atoms with Crippen LogP contribution in [0.5, 0.6) is 0 Å². The van der Waals surface area contributed by atoms with Crippen molar-refractivity contribution in [1.29, 1.82) is 0 Å². The summed E-state index contributed by atoms with van der Waals surface area (Å²) in [6.45, 7) is 5.96. The number of aryl methyl sites for hydroxylation is 2. The standard InChI is InChI=1S/C24H27NO5S/c1-4-30-24(29)20-17(16-8-5-12(2)9-13(16)3)11-31-22(20)25-21(26)18-14-6-7-15(10-14)19(18)23(27)28/h5,8-9,11,14-15,18-19H,4,6-7,10H2,1-3H3,(H,25,26)(H,27,28)/t14-,15+,18+,19+/m1/s1. The van der Waals surface area contributed by atoms with Gasteiger partial charge in [-0.15, -0.1) is 11.3 Å². The van der Waals surface area contributed by atoms with Crippen molar-refractivity contribution in [2.75, 3.05) is 11.9 Å². The van der Waals surface area contributed by atoms with Crippen molar-refractivity contribution in [3.05, 3.63) is 40.3 Å². The van der Waals surface area contributed by atoms with E-state index in [1.807, 2.05) is 37.4 Å². The molecule has 2 bridgehead atoms. The summed E-state index contributed by atoms with van der Waals surface area (Å²) in [6, 6.07) is 6.00. The lowest BCUT2D eigenvalue weighted by molar-refractivity contribution is -0.148. The zero-order chi connectivity index (χ0) is 22.3. The molecular formula is C24H27NO5S. The molecule has 2 fully saturated rings. The molecule has 0 saturated heterocycles. The molecule has 1 aromatic heterocycles. The Kier molecular flexibility index (Phi) is 5.88. The number of nitrogens with one attached hydrogen (secondary N) is 1. The predicted molar refractivity (Wildman–Crippen MR) is 119 cm³/mol. The van der Waals surface area contributed by atoms with Crippen LogP contribution in [-0.4, -0.2) is 29.6 Å². The highest BCUT2D eigenvalue weighted by molar-refractivity contribution is 7.15. The van der Waals surface area contributed by atoms with Gasteiger partial charge in [-0.25, -0.2) is 4.79 Å². The Hall–Kier alpha value is -2.67. The number of aliphatic carboxylic acids is 1. The van der Waals surface area contributed by atoms with Gasteiger partial charge < -0.3 is 15.2 Å². The Balaban J connectivity index is 1.68. The predicted octanol–water partition coefficient (Wildman–Crippen LogP) is 4.89. The smallest absolute Gasteiger partial charge is 0.341 e. The van der Waals surface area contributed by atoms with Gasteiger partial charge in [-0.3, -0.25) is 9.59 Å². The van der Waals surface area contributed by atoms with Gasteiger partial charge in [0.1, 0.15) is 10.6 Å². The summed E-state index contributed by atoms with van der Waals surface area (Å²) in [7, 11) is 0. The first-order chi connectivity index (χ1) is 14.8. The number of carboxylic acid groups (broad SMARTS) is 1. The van der Waals surface area contributed by atoms with Crippen LogP contribution in [0.3, 0.4) is 0 Å². The minimum Gasteiger partial charge on any atom is -0.481 e. The number of esters is 1. The minimum absolute atomic E-state index is 0.0666. The van der Waals surface area contributed by atoms with Crippen LogP contribution in [-0.2, 0) is 14.3 Å². The zero-order valence-electron chi connectivity index (χ0n) is 17.9. The lowest BCUT2D eigenvalue weighted by Crippen LogP contribution is -2.37. The van der Waals surface area contributed by atoms with E-state index in [9.17, 15) is 19.5 Å². The van der Waals surface area contributed by atoms with E-state index in [4.69, 9.17) is 4.74 Å². The zero-order valence-corrected chi connectivity index (χ0v) is 18.8. The molecule has 2 aliphatic rings. The summed E-state index contributed by atoms with van der Waals surface area (Å²) in [6.07, 6.45) is 2.54. The minimum atomic E-state index is -0.903. The molecule has 0 aliphatic heterocycles. The topological polar surface area (TPSA) is 92.7 Å². The van der Waals surface area contributed by atoms with Crippen molar-refractivity contribution in [3.63, 3.8) is 0 Å². The number of ether oxygens (including phenoxy) is 1. The molecule has 2 N–H and O–H groups in total. The Bertz CT molecular complexity index is 1040. The third-order valence-electron chi connectivity index (χ3n) is 6.68. The Morgan fingerprint density at radius 2 is 1.84 bits per heavy atom. The van der Waals surface area contributed by atoms with Crippen molar-refractivity contribution in [1.82, 2.24) is 0 Å². The highest BCUT2D eigenvalue weighted by atomic mass is 32.1. The number of hydrogen-bond donors (Lipinski definition) is 2. The van der Waals surface area contributed by atoms with Crippen LogP contribution in [0, 0.1) is 37.5 Å². The van der Waals surface area contributed by atoms with E-state index in [0.29, 0.717) is 10.6 Å². The highest BCUT2D eigenvalue weighted by Gasteiger charge is 2.54. The third-order valence-corrected chi connectivity index (χ3v) is 7.58. The first-order valence-corrected chi connectivity index (χ1v) is 11.6. The third kappa shape index (κ3) is 3.87. The molecule has 0 unspecified atom stereocenters. The van der Waals surface area contributed by atoms with Crippen LogP contribution in [0.4, 0.5) is 5.00 Å². The summed E-state index contributed by atoms with van der Waals surface area (Å²) < 4.78 is 5.29. The Labute approximate surface area is 185 Å². The number of carbonyl (C=O) groups is 3. The van der Waals surface area contributed by atoms with E-state index in [-0.39, 0.29) is 24.3 Å². The fraction of sp³-hybridized carbons (Fsp3) is 0.458. The quantitative estimate of drug-likeness (QED) is 0.623. The van der Waals surface area contributed by atoms with E-state index in [2.05, 4.69) is 5.32 Å². The molecular weight excluding hydrogens is 414 g/mol.